The first kappa shape index (κ1) is 21.5. The second kappa shape index (κ2) is 7.89. The van der Waals surface area contributed by atoms with E-state index in [2.05, 4.69) is 10.6 Å². The minimum Gasteiger partial charge on any atom is -0.484 e. The lowest BCUT2D eigenvalue weighted by atomic mass is 9.69. The Morgan fingerprint density at radius 3 is 2.53 bits per heavy atom. The number of piperidine rings is 1. The van der Waals surface area contributed by atoms with Crippen molar-refractivity contribution in [1.82, 2.24) is 14.9 Å². The highest BCUT2D eigenvalue weighted by Crippen LogP contribution is 2.49. The van der Waals surface area contributed by atoms with Crippen molar-refractivity contribution in [1.29, 1.82) is 0 Å². The molecule has 5 rings (SSSR count). The Morgan fingerprint density at radius 1 is 1.19 bits per heavy atom. The van der Waals surface area contributed by atoms with Crippen LogP contribution in [0.1, 0.15) is 38.5 Å². The largest absolute Gasteiger partial charge is 0.484 e. The first-order valence-electron chi connectivity index (χ1n) is 11.0. The van der Waals surface area contributed by atoms with E-state index in [9.17, 15) is 18.0 Å². The fourth-order valence-electron chi connectivity index (χ4n) is 6.00. The lowest BCUT2D eigenvalue weighted by molar-refractivity contribution is -0.119. The fourth-order valence-corrected chi connectivity index (χ4v) is 7.87. The lowest BCUT2D eigenvalue weighted by Crippen LogP contribution is -2.73. The molecule has 174 valence electrons. The second-order valence-corrected chi connectivity index (χ2v) is 11.0. The molecule has 0 radical (unpaired) electrons. The van der Waals surface area contributed by atoms with Gasteiger partial charge in [0.2, 0.25) is 10.0 Å². The van der Waals surface area contributed by atoms with Gasteiger partial charge in [0.25, 0.3) is 5.91 Å². The Balaban J connectivity index is 1.37. The highest BCUT2D eigenvalue weighted by molar-refractivity contribution is 7.89. The fraction of sp³-hybridized carbons (Fsp3) is 0.619. The zero-order valence-electron chi connectivity index (χ0n) is 17.7. The number of urea groups is 1. The van der Waals surface area contributed by atoms with E-state index < -0.39 is 21.5 Å². The molecule has 1 aromatic rings. The molecule has 32 heavy (non-hydrogen) atoms. The van der Waals surface area contributed by atoms with Crippen molar-refractivity contribution in [3.05, 3.63) is 24.3 Å². The van der Waals surface area contributed by atoms with Gasteiger partial charge in [0.15, 0.2) is 6.61 Å². The van der Waals surface area contributed by atoms with Gasteiger partial charge in [0.1, 0.15) is 12.0 Å². The number of rotatable bonds is 5. The number of benzene rings is 1. The van der Waals surface area contributed by atoms with Crippen molar-refractivity contribution in [2.45, 2.75) is 67.3 Å². The van der Waals surface area contributed by atoms with Gasteiger partial charge in [-0.25, -0.2) is 13.2 Å². The third-order valence-electron chi connectivity index (χ3n) is 7.20. The van der Waals surface area contributed by atoms with Crippen LogP contribution in [0.15, 0.2) is 29.2 Å². The number of ether oxygens (including phenoxy) is 2. The number of sulfonamides is 1. The van der Waals surface area contributed by atoms with Crippen molar-refractivity contribution in [2.24, 2.45) is 11.7 Å². The average Bonchev–Trinajstić information content (AvgIpc) is 3.05. The van der Waals surface area contributed by atoms with Crippen LogP contribution in [-0.4, -0.2) is 61.7 Å². The quantitative estimate of drug-likeness (QED) is 0.585. The SMILES string of the molecule is NC(=O)COc1ccc(S(=O)(=O)N2[C@H]3CC[C@H]2CC2(C3)NC(=O)N[C@H]3OCCC[C@H]32)cc1. The van der Waals surface area contributed by atoms with E-state index in [0.29, 0.717) is 25.2 Å². The summed E-state index contributed by atoms with van der Waals surface area (Å²) in [6, 6.07) is 5.45. The topological polar surface area (TPSA) is 140 Å². The minimum absolute atomic E-state index is 0.128. The third kappa shape index (κ3) is 3.61. The first-order chi connectivity index (χ1) is 15.3. The molecule has 0 unspecified atom stereocenters. The van der Waals surface area contributed by atoms with Crippen molar-refractivity contribution in [2.75, 3.05) is 13.2 Å². The molecule has 11 heteroatoms. The molecule has 4 saturated heterocycles. The van der Waals surface area contributed by atoms with Crippen LogP contribution in [0.25, 0.3) is 0 Å². The smallest absolute Gasteiger partial charge is 0.317 e. The summed E-state index contributed by atoms with van der Waals surface area (Å²) in [6.07, 6.45) is 4.27. The third-order valence-corrected chi connectivity index (χ3v) is 9.22. The maximum Gasteiger partial charge on any atom is 0.317 e. The lowest BCUT2D eigenvalue weighted by Gasteiger charge is -2.55. The second-order valence-electron chi connectivity index (χ2n) is 9.15. The zero-order valence-corrected chi connectivity index (χ0v) is 18.5. The molecular formula is C21H28N4O6S. The van der Waals surface area contributed by atoms with Crippen LogP contribution >= 0.6 is 0 Å². The number of nitrogens with two attached hydrogens (primary N) is 1. The molecule has 3 amide bonds. The van der Waals surface area contributed by atoms with Crippen molar-refractivity contribution in [3.63, 3.8) is 0 Å². The molecule has 0 saturated carbocycles. The van der Waals surface area contributed by atoms with Gasteiger partial charge in [-0.2, -0.15) is 4.31 Å². The number of hydrogen-bond donors (Lipinski definition) is 3. The number of carbonyl (C=O) groups is 2. The van der Waals surface area contributed by atoms with Crippen LogP contribution in [0.5, 0.6) is 5.75 Å². The van der Waals surface area contributed by atoms with Crippen LogP contribution in [0.4, 0.5) is 4.79 Å². The molecule has 4 aliphatic heterocycles. The van der Waals surface area contributed by atoms with Gasteiger partial charge in [0, 0.05) is 24.6 Å². The van der Waals surface area contributed by atoms with Crippen LogP contribution in [0.2, 0.25) is 0 Å². The Bertz CT molecular complexity index is 1000. The van der Waals surface area contributed by atoms with E-state index in [1.165, 1.54) is 24.3 Å². The van der Waals surface area contributed by atoms with Crippen LogP contribution in [-0.2, 0) is 19.6 Å². The van der Waals surface area contributed by atoms with E-state index in [4.69, 9.17) is 15.2 Å². The zero-order chi connectivity index (χ0) is 22.5. The highest BCUT2D eigenvalue weighted by Gasteiger charge is 2.59. The van der Waals surface area contributed by atoms with Gasteiger partial charge in [-0.3, -0.25) is 4.79 Å². The summed E-state index contributed by atoms with van der Waals surface area (Å²) >= 11 is 0. The molecule has 4 atom stereocenters. The number of fused-ring (bicyclic) bond motifs is 4. The summed E-state index contributed by atoms with van der Waals surface area (Å²) in [5, 5.41) is 6.05. The number of nitrogens with one attached hydrogen (secondary N) is 2. The number of nitrogens with zero attached hydrogens (tertiary/aromatic N) is 1. The molecule has 1 spiro atoms. The van der Waals surface area contributed by atoms with E-state index >= 15 is 0 Å². The van der Waals surface area contributed by atoms with E-state index in [-0.39, 0.29) is 41.8 Å². The van der Waals surface area contributed by atoms with Gasteiger partial charge in [0.05, 0.1) is 10.4 Å². The molecule has 4 N–H and O–H groups in total. The van der Waals surface area contributed by atoms with Crippen molar-refractivity contribution >= 4 is 22.0 Å². The van der Waals surface area contributed by atoms with Gasteiger partial charge < -0.3 is 25.8 Å². The number of carbonyl (C=O) groups excluding carboxylic acids is 2. The summed E-state index contributed by atoms with van der Waals surface area (Å²) in [5.74, 6) is -0.0937. The molecule has 0 aliphatic carbocycles. The molecule has 4 fully saturated rings. The van der Waals surface area contributed by atoms with Gasteiger partial charge >= 0.3 is 6.03 Å². The molecule has 0 aromatic heterocycles. The molecule has 10 nitrogen and oxygen atoms in total. The van der Waals surface area contributed by atoms with E-state index in [1.807, 2.05) is 0 Å². The summed E-state index contributed by atoms with van der Waals surface area (Å²) in [5.41, 5.74) is 4.63. The summed E-state index contributed by atoms with van der Waals surface area (Å²) < 4.78 is 39.8. The van der Waals surface area contributed by atoms with E-state index in [1.54, 1.807) is 4.31 Å². The molecule has 4 aliphatic rings. The van der Waals surface area contributed by atoms with Crippen LogP contribution < -0.4 is 21.1 Å². The van der Waals surface area contributed by atoms with E-state index in [0.717, 1.165) is 25.7 Å². The maximum absolute atomic E-state index is 13.5. The Kier molecular flexibility index (Phi) is 5.30. The van der Waals surface area contributed by atoms with Crippen LogP contribution in [0, 0.1) is 5.92 Å². The summed E-state index contributed by atoms with van der Waals surface area (Å²) in [6.45, 7) is 0.362. The molecular weight excluding hydrogens is 436 g/mol. The predicted molar refractivity (Wildman–Crippen MR) is 113 cm³/mol. The molecule has 2 bridgehead atoms. The Morgan fingerprint density at radius 2 is 1.88 bits per heavy atom. The average molecular weight is 465 g/mol. The normalized spacial score (nSPS) is 34.4. The number of primary amides is 1. The number of amides is 3. The monoisotopic (exact) mass is 464 g/mol. The minimum atomic E-state index is -3.72. The maximum atomic E-state index is 13.5. The molecule has 4 heterocycles. The van der Waals surface area contributed by atoms with Crippen LogP contribution in [0.3, 0.4) is 0 Å². The van der Waals surface area contributed by atoms with Crippen molar-refractivity contribution in [3.8, 4) is 5.75 Å². The first-order valence-corrected chi connectivity index (χ1v) is 12.5. The molecule has 1 aromatic carbocycles. The van der Waals surface area contributed by atoms with Crippen molar-refractivity contribution < 1.29 is 27.5 Å². The van der Waals surface area contributed by atoms with Gasteiger partial charge in [-0.15, -0.1) is 0 Å². The highest BCUT2D eigenvalue weighted by atomic mass is 32.2. The standard InChI is InChI=1S/C21H28N4O6S/c22-18(26)12-31-15-5-7-16(8-6-15)32(28,29)25-13-3-4-14(25)11-21(10-13)17-2-1-9-30-19(17)23-20(27)24-21/h5-8,13-14,17,19H,1-4,9-12H2,(H2,22,26)(H2,23,24,27)/t13-,14-,17+,19-/m0/s1. The summed E-state index contributed by atoms with van der Waals surface area (Å²) in [7, 11) is -3.72. The predicted octanol–water partition coefficient (Wildman–Crippen LogP) is 0.671. The Labute approximate surface area is 186 Å². The number of hydrogen-bond acceptors (Lipinski definition) is 6. The Hall–Kier alpha value is -2.37. The van der Waals surface area contributed by atoms with Gasteiger partial charge in [-0.05, 0) is 62.8 Å². The van der Waals surface area contributed by atoms with Gasteiger partial charge in [-0.1, -0.05) is 0 Å². The summed E-state index contributed by atoms with van der Waals surface area (Å²) in [4.78, 5) is 23.4.